The van der Waals surface area contributed by atoms with E-state index in [0.717, 1.165) is 18.7 Å². The lowest BCUT2D eigenvalue weighted by atomic mass is 10.2. The fraction of sp³-hybridized carbons (Fsp3) is 0.643. The number of carbonyl (C=O) groups excluding carboxylic acids is 1. The van der Waals surface area contributed by atoms with Gasteiger partial charge in [-0.15, -0.1) is 0 Å². The lowest BCUT2D eigenvalue weighted by Crippen LogP contribution is -2.32. The van der Waals surface area contributed by atoms with Crippen molar-refractivity contribution in [1.82, 2.24) is 20.2 Å². The van der Waals surface area contributed by atoms with Gasteiger partial charge < -0.3 is 15.5 Å². The van der Waals surface area contributed by atoms with E-state index in [-0.39, 0.29) is 11.9 Å². The first-order valence-electron chi connectivity index (χ1n) is 6.97. The van der Waals surface area contributed by atoms with Crippen molar-refractivity contribution in [2.75, 3.05) is 32.5 Å². The number of rotatable bonds is 7. The Bertz CT molecular complexity index is 447. The van der Waals surface area contributed by atoms with Crippen LogP contribution in [0.15, 0.2) is 6.07 Å². The predicted molar refractivity (Wildman–Crippen MR) is 81.0 cm³/mol. The van der Waals surface area contributed by atoms with E-state index >= 15 is 0 Å². The van der Waals surface area contributed by atoms with Gasteiger partial charge in [-0.25, -0.2) is 9.97 Å². The number of likely N-dealkylation sites (N-methyl/N-ethyl adjacent to an activating group) is 1. The minimum Gasteiger partial charge on any atom is -0.352 e. The predicted octanol–water partition coefficient (Wildman–Crippen LogP) is 1.29. The van der Waals surface area contributed by atoms with Gasteiger partial charge in [0.2, 0.25) is 5.95 Å². The maximum atomic E-state index is 12.0. The summed E-state index contributed by atoms with van der Waals surface area (Å²) in [6.07, 6.45) is 0.974. The molecule has 1 aromatic rings. The van der Waals surface area contributed by atoms with E-state index in [1.807, 2.05) is 25.9 Å². The molecule has 2 N–H and O–H groups in total. The summed E-state index contributed by atoms with van der Waals surface area (Å²) in [7, 11) is 3.93. The SMILES string of the molecule is CCC(C)Nc1nc(C)cc(C(=O)NCCN(C)C)n1. The van der Waals surface area contributed by atoms with Crippen molar-refractivity contribution in [3.05, 3.63) is 17.5 Å². The van der Waals surface area contributed by atoms with Crippen LogP contribution in [0.4, 0.5) is 5.95 Å². The summed E-state index contributed by atoms with van der Waals surface area (Å²) in [4.78, 5) is 22.6. The molecule has 0 bridgehead atoms. The van der Waals surface area contributed by atoms with Crippen LogP contribution in [0.1, 0.15) is 36.5 Å². The van der Waals surface area contributed by atoms with E-state index in [0.29, 0.717) is 18.2 Å². The Hall–Kier alpha value is -1.69. The molecule has 20 heavy (non-hydrogen) atoms. The molecular formula is C14H25N5O. The van der Waals surface area contributed by atoms with Crippen molar-refractivity contribution in [2.45, 2.75) is 33.2 Å². The molecule has 0 radical (unpaired) electrons. The molecule has 0 aliphatic carbocycles. The fourth-order valence-corrected chi connectivity index (χ4v) is 1.56. The van der Waals surface area contributed by atoms with Gasteiger partial charge in [0.25, 0.3) is 5.91 Å². The summed E-state index contributed by atoms with van der Waals surface area (Å²) in [6, 6.07) is 1.98. The van der Waals surface area contributed by atoms with Crippen LogP contribution in [-0.2, 0) is 0 Å². The quantitative estimate of drug-likeness (QED) is 0.787. The van der Waals surface area contributed by atoms with Crippen LogP contribution in [0, 0.1) is 6.92 Å². The van der Waals surface area contributed by atoms with Gasteiger partial charge in [-0.05, 0) is 40.4 Å². The third-order valence-corrected chi connectivity index (χ3v) is 2.92. The number of amides is 1. The minimum absolute atomic E-state index is 0.162. The molecule has 1 rings (SSSR count). The van der Waals surface area contributed by atoms with E-state index in [9.17, 15) is 4.79 Å². The minimum atomic E-state index is -0.162. The Labute approximate surface area is 121 Å². The second-order valence-electron chi connectivity index (χ2n) is 5.23. The smallest absolute Gasteiger partial charge is 0.270 e. The second-order valence-corrected chi connectivity index (χ2v) is 5.23. The van der Waals surface area contributed by atoms with Crippen molar-refractivity contribution in [1.29, 1.82) is 0 Å². The van der Waals surface area contributed by atoms with E-state index in [1.54, 1.807) is 6.07 Å². The normalized spacial score (nSPS) is 12.3. The van der Waals surface area contributed by atoms with Crippen LogP contribution in [0.5, 0.6) is 0 Å². The van der Waals surface area contributed by atoms with Crippen LogP contribution >= 0.6 is 0 Å². The van der Waals surface area contributed by atoms with Crippen molar-refractivity contribution < 1.29 is 4.79 Å². The number of aromatic nitrogens is 2. The van der Waals surface area contributed by atoms with Gasteiger partial charge >= 0.3 is 0 Å². The van der Waals surface area contributed by atoms with E-state index in [1.165, 1.54) is 0 Å². The monoisotopic (exact) mass is 279 g/mol. The highest BCUT2D eigenvalue weighted by atomic mass is 16.1. The second kappa shape index (κ2) is 7.79. The van der Waals surface area contributed by atoms with Gasteiger partial charge in [-0.1, -0.05) is 6.92 Å². The van der Waals surface area contributed by atoms with Gasteiger partial charge in [0.05, 0.1) is 0 Å². The molecule has 0 spiro atoms. The molecule has 1 aromatic heterocycles. The number of aryl methyl sites for hydroxylation is 1. The summed E-state index contributed by atoms with van der Waals surface area (Å²) >= 11 is 0. The molecule has 112 valence electrons. The molecular weight excluding hydrogens is 254 g/mol. The first-order valence-corrected chi connectivity index (χ1v) is 6.97. The van der Waals surface area contributed by atoms with Crippen LogP contribution in [0.3, 0.4) is 0 Å². The molecule has 1 heterocycles. The zero-order valence-corrected chi connectivity index (χ0v) is 13.0. The van der Waals surface area contributed by atoms with Gasteiger partial charge in [0, 0.05) is 24.8 Å². The third kappa shape index (κ3) is 5.52. The third-order valence-electron chi connectivity index (χ3n) is 2.92. The van der Waals surface area contributed by atoms with Gasteiger partial charge in [-0.2, -0.15) is 0 Å². The van der Waals surface area contributed by atoms with Crippen LogP contribution in [-0.4, -0.2) is 54.0 Å². The number of nitrogens with one attached hydrogen (secondary N) is 2. The van der Waals surface area contributed by atoms with Crippen LogP contribution in [0.2, 0.25) is 0 Å². The number of hydrogen-bond acceptors (Lipinski definition) is 5. The Morgan fingerprint density at radius 3 is 2.70 bits per heavy atom. The van der Waals surface area contributed by atoms with Crippen molar-refractivity contribution >= 4 is 11.9 Å². The fourth-order valence-electron chi connectivity index (χ4n) is 1.56. The summed E-state index contributed by atoms with van der Waals surface area (Å²) in [5, 5.41) is 6.04. The highest BCUT2D eigenvalue weighted by Gasteiger charge is 2.11. The number of anilines is 1. The Morgan fingerprint density at radius 1 is 1.40 bits per heavy atom. The molecule has 6 nitrogen and oxygen atoms in total. The maximum Gasteiger partial charge on any atom is 0.270 e. The number of hydrogen-bond donors (Lipinski definition) is 2. The summed E-state index contributed by atoms with van der Waals surface area (Å²) in [6.45, 7) is 7.40. The lowest BCUT2D eigenvalue weighted by Gasteiger charge is -2.13. The topological polar surface area (TPSA) is 70.2 Å². The molecule has 0 aliphatic rings. The lowest BCUT2D eigenvalue weighted by molar-refractivity contribution is 0.0946. The molecule has 0 fully saturated rings. The molecule has 1 atom stereocenters. The van der Waals surface area contributed by atoms with Gasteiger partial charge in [0.1, 0.15) is 5.69 Å². The Morgan fingerprint density at radius 2 is 2.10 bits per heavy atom. The molecule has 0 aromatic carbocycles. The molecule has 6 heteroatoms. The maximum absolute atomic E-state index is 12.0. The Balaban J connectivity index is 2.71. The number of carbonyl (C=O) groups is 1. The zero-order valence-electron chi connectivity index (χ0n) is 13.0. The first-order chi connectivity index (χ1) is 9.42. The molecule has 1 unspecified atom stereocenters. The zero-order chi connectivity index (χ0) is 15.1. The van der Waals surface area contributed by atoms with E-state index in [4.69, 9.17) is 0 Å². The highest BCUT2D eigenvalue weighted by molar-refractivity contribution is 5.92. The highest BCUT2D eigenvalue weighted by Crippen LogP contribution is 2.07. The summed E-state index contributed by atoms with van der Waals surface area (Å²) in [5.41, 5.74) is 1.19. The molecule has 0 saturated carbocycles. The van der Waals surface area contributed by atoms with Crippen molar-refractivity contribution in [3.8, 4) is 0 Å². The van der Waals surface area contributed by atoms with E-state index < -0.39 is 0 Å². The van der Waals surface area contributed by atoms with E-state index in [2.05, 4.69) is 34.4 Å². The molecule has 1 amide bonds. The van der Waals surface area contributed by atoms with Crippen LogP contribution in [0.25, 0.3) is 0 Å². The average molecular weight is 279 g/mol. The van der Waals surface area contributed by atoms with Crippen LogP contribution < -0.4 is 10.6 Å². The largest absolute Gasteiger partial charge is 0.352 e. The van der Waals surface area contributed by atoms with Gasteiger partial charge in [0.15, 0.2) is 0 Å². The summed E-state index contributed by atoms with van der Waals surface area (Å²) < 4.78 is 0. The average Bonchev–Trinajstić information content (AvgIpc) is 2.37. The molecule has 0 saturated heterocycles. The number of nitrogens with zero attached hydrogens (tertiary/aromatic N) is 3. The molecule has 0 aliphatic heterocycles. The Kier molecular flexibility index (Phi) is 6.38. The first kappa shape index (κ1) is 16.4. The summed E-state index contributed by atoms with van der Waals surface area (Å²) in [5.74, 6) is 0.349. The standard InChI is InChI=1S/C14H25N5O/c1-6-10(2)16-14-17-11(3)9-12(18-14)13(20)15-7-8-19(4)5/h9-10H,6-8H2,1-5H3,(H,15,20)(H,16,17,18). The van der Waals surface area contributed by atoms with Crippen molar-refractivity contribution in [2.24, 2.45) is 0 Å². The van der Waals surface area contributed by atoms with Gasteiger partial charge in [-0.3, -0.25) is 4.79 Å². The van der Waals surface area contributed by atoms with Crippen molar-refractivity contribution in [3.63, 3.8) is 0 Å².